The van der Waals surface area contributed by atoms with Crippen LogP contribution in [0.25, 0.3) is 0 Å². The summed E-state index contributed by atoms with van der Waals surface area (Å²) in [6, 6.07) is 0.100. The van der Waals surface area contributed by atoms with Crippen LogP contribution in [0, 0.1) is 5.41 Å². The molecule has 1 atom stereocenters. The first-order valence-electron chi connectivity index (χ1n) is 6.50. The normalized spacial score (nSPS) is 19.2. The zero-order valence-electron chi connectivity index (χ0n) is 11.8. The van der Waals surface area contributed by atoms with Gasteiger partial charge in [0, 0.05) is 12.6 Å². The van der Waals surface area contributed by atoms with Crippen molar-refractivity contribution in [3.63, 3.8) is 0 Å². The molecule has 0 saturated carbocycles. The van der Waals surface area contributed by atoms with Gasteiger partial charge in [0.15, 0.2) is 0 Å². The van der Waals surface area contributed by atoms with Gasteiger partial charge in [-0.2, -0.15) is 0 Å². The molecule has 1 unspecified atom stereocenters. The lowest BCUT2D eigenvalue weighted by Gasteiger charge is -2.36. The van der Waals surface area contributed by atoms with Crippen molar-refractivity contribution in [1.29, 1.82) is 0 Å². The number of carbonyl (C=O) groups excluding carboxylic acids is 2. The van der Waals surface area contributed by atoms with Crippen molar-refractivity contribution in [2.24, 2.45) is 5.41 Å². The summed E-state index contributed by atoms with van der Waals surface area (Å²) in [5, 5.41) is 3.41. The van der Waals surface area contributed by atoms with E-state index < -0.39 is 0 Å². The average Bonchev–Trinajstić information content (AvgIpc) is 2.26. The minimum Gasteiger partial charge on any atom is -0.362 e. The van der Waals surface area contributed by atoms with Crippen LogP contribution in [0.15, 0.2) is 0 Å². The quantitative estimate of drug-likeness (QED) is 0.739. The minimum atomic E-state index is -0.237. The molecule has 1 N–H and O–H groups in total. The number of rotatable bonds is 5. The maximum atomic E-state index is 11.7. The predicted molar refractivity (Wildman–Crippen MR) is 69.1 cm³/mol. The van der Waals surface area contributed by atoms with Gasteiger partial charge in [0.2, 0.25) is 0 Å². The van der Waals surface area contributed by atoms with E-state index in [1.54, 1.807) is 0 Å². The highest BCUT2D eigenvalue weighted by Crippen LogP contribution is 2.21. The SMILES string of the molecule is CCCNC(CN1C(=O)COCC1=O)C(C)(C)C. The lowest BCUT2D eigenvalue weighted by molar-refractivity contribution is -0.159. The molecular formula is C13H24N2O3. The van der Waals surface area contributed by atoms with E-state index in [0.717, 1.165) is 13.0 Å². The monoisotopic (exact) mass is 256 g/mol. The molecule has 5 heteroatoms. The molecule has 18 heavy (non-hydrogen) atoms. The Morgan fingerprint density at radius 1 is 1.28 bits per heavy atom. The highest BCUT2D eigenvalue weighted by Gasteiger charge is 2.33. The van der Waals surface area contributed by atoms with E-state index in [9.17, 15) is 9.59 Å². The van der Waals surface area contributed by atoms with Crippen molar-refractivity contribution in [1.82, 2.24) is 10.2 Å². The molecule has 1 fully saturated rings. The second-order valence-corrected chi connectivity index (χ2v) is 5.76. The number of nitrogens with zero attached hydrogens (tertiary/aromatic N) is 1. The third-order valence-electron chi connectivity index (χ3n) is 3.10. The zero-order chi connectivity index (χ0) is 13.8. The molecule has 0 bridgehead atoms. The number of imide groups is 1. The Labute approximate surface area is 109 Å². The van der Waals surface area contributed by atoms with E-state index in [1.165, 1.54) is 4.90 Å². The number of morpholine rings is 1. The van der Waals surface area contributed by atoms with Crippen LogP contribution in [0.4, 0.5) is 0 Å². The Bertz CT molecular complexity index is 294. The first kappa shape index (κ1) is 15.1. The fourth-order valence-corrected chi connectivity index (χ4v) is 1.87. The average molecular weight is 256 g/mol. The van der Waals surface area contributed by atoms with Crippen molar-refractivity contribution in [2.75, 3.05) is 26.3 Å². The maximum absolute atomic E-state index is 11.7. The number of ether oxygens (including phenoxy) is 1. The topological polar surface area (TPSA) is 58.6 Å². The Hall–Kier alpha value is -0.940. The van der Waals surface area contributed by atoms with Crippen LogP contribution in [0.3, 0.4) is 0 Å². The number of hydrogen-bond acceptors (Lipinski definition) is 4. The molecule has 0 aliphatic carbocycles. The number of nitrogens with one attached hydrogen (secondary N) is 1. The van der Waals surface area contributed by atoms with Gasteiger partial charge in [-0.15, -0.1) is 0 Å². The lowest BCUT2D eigenvalue weighted by atomic mass is 9.86. The summed E-state index contributed by atoms with van der Waals surface area (Å²) in [7, 11) is 0. The van der Waals surface area contributed by atoms with E-state index >= 15 is 0 Å². The molecule has 1 saturated heterocycles. The largest absolute Gasteiger partial charge is 0.362 e. The molecule has 0 aromatic rings. The Morgan fingerprint density at radius 3 is 2.28 bits per heavy atom. The van der Waals surface area contributed by atoms with Crippen LogP contribution >= 0.6 is 0 Å². The van der Waals surface area contributed by atoms with Crippen molar-refractivity contribution >= 4 is 11.8 Å². The Balaban J connectivity index is 2.69. The third-order valence-corrected chi connectivity index (χ3v) is 3.10. The Kier molecular flexibility index (Phi) is 5.28. The molecule has 0 radical (unpaired) electrons. The van der Waals surface area contributed by atoms with Crippen LogP contribution < -0.4 is 5.32 Å². The predicted octanol–water partition coefficient (Wildman–Crippen LogP) is 0.786. The molecule has 0 spiro atoms. The van der Waals surface area contributed by atoms with Gasteiger partial charge in [-0.1, -0.05) is 27.7 Å². The van der Waals surface area contributed by atoms with Gasteiger partial charge < -0.3 is 10.1 Å². The van der Waals surface area contributed by atoms with Gasteiger partial charge in [0.1, 0.15) is 13.2 Å². The summed E-state index contributed by atoms with van der Waals surface area (Å²) in [6.07, 6.45) is 1.03. The summed E-state index contributed by atoms with van der Waals surface area (Å²) in [4.78, 5) is 24.7. The van der Waals surface area contributed by atoms with Gasteiger partial charge in [0.05, 0.1) is 0 Å². The van der Waals surface area contributed by atoms with E-state index in [4.69, 9.17) is 4.74 Å². The second kappa shape index (κ2) is 6.29. The van der Waals surface area contributed by atoms with Gasteiger partial charge in [-0.05, 0) is 18.4 Å². The van der Waals surface area contributed by atoms with Gasteiger partial charge in [0.25, 0.3) is 11.8 Å². The van der Waals surface area contributed by atoms with Crippen molar-refractivity contribution in [3.8, 4) is 0 Å². The lowest BCUT2D eigenvalue weighted by Crippen LogP contribution is -2.55. The molecule has 1 aliphatic rings. The van der Waals surface area contributed by atoms with Gasteiger partial charge in [-0.25, -0.2) is 0 Å². The molecule has 1 heterocycles. The fraction of sp³-hybridized carbons (Fsp3) is 0.846. The zero-order valence-corrected chi connectivity index (χ0v) is 11.8. The fourth-order valence-electron chi connectivity index (χ4n) is 1.87. The molecule has 2 amide bonds. The van der Waals surface area contributed by atoms with Gasteiger partial charge in [-0.3, -0.25) is 14.5 Å². The second-order valence-electron chi connectivity index (χ2n) is 5.76. The number of hydrogen-bond donors (Lipinski definition) is 1. The Morgan fingerprint density at radius 2 is 1.83 bits per heavy atom. The smallest absolute Gasteiger partial charge is 0.255 e. The molecule has 1 rings (SSSR count). The van der Waals surface area contributed by atoms with Crippen LogP contribution in [-0.2, 0) is 14.3 Å². The molecule has 5 nitrogen and oxygen atoms in total. The highest BCUT2D eigenvalue weighted by atomic mass is 16.5. The van der Waals surface area contributed by atoms with E-state index in [1.807, 2.05) is 0 Å². The first-order valence-corrected chi connectivity index (χ1v) is 6.50. The van der Waals surface area contributed by atoms with E-state index in [2.05, 4.69) is 33.0 Å². The van der Waals surface area contributed by atoms with Crippen LogP contribution in [0.2, 0.25) is 0 Å². The van der Waals surface area contributed by atoms with Crippen LogP contribution in [0.5, 0.6) is 0 Å². The van der Waals surface area contributed by atoms with Crippen LogP contribution in [0.1, 0.15) is 34.1 Å². The highest BCUT2D eigenvalue weighted by molar-refractivity contribution is 5.98. The summed E-state index contributed by atoms with van der Waals surface area (Å²) < 4.78 is 4.91. The molecule has 0 aromatic heterocycles. The summed E-state index contributed by atoms with van der Waals surface area (Å²) >= 11 is 0. The molecule has 0 aromatic carbocycles. The molecule has 104 valence electrons. The number of amides is 2. The van der Waals surface area contributed by atoms with Crippen molar-refractivity contribution < 1.29 is 14.3 Å². The summed E-state index contributed by atoms with van der Waals surface area (Å²) in [6.45, 7) is 9.74. The maximum Gasteiger partial charge on any atom is 0.255 e. The van der Waals surface area contributed by atoms with Crippen molar-refractivity contribution in [3.05, 3.63) is 0 Å². The summed E-state index contributed by atoms with van der Waals surface area (Å²) in [5.74, 6) is -0.474. The van der Waals surface area contributed by atoms with Crippen LogP contribution in [-0.4, -0.2) is 49.1 Å². The van der Waals surface area contributed by atoms with Gasteiger partial charge >= 0.3 is 0 Å². The van der Waals surface area contributed by atoms with E-state index in [-0.39, 0.29) is 36.5 Å². The standard InChI is InChI=1S/C13H24N2O3/c1-5-6-14-10(13(2,3)4)7-15-11(16)8-18-9-12(15)17/h10,14H,5-9H2,1-4H3. The first-order chi connectivity index (χ1) is 8.36. The molecular weight excluding hydrogens is 232 g/mol. The molecule has 1 aliphatic heterocycles. The number of carbonyl (C=O) groups is 2. The third kappa shape index (κ3) is 4.07. The van der Waals surface area contributed by atoms with Crippen molar-refractivity contribution in [2.45, 2.75) is 40.2 Å². The minimum absolute atomic E-state index is 0.00592. The summed E-state index contributed by atoms with van der Waals surface area (Å²) in [5.41, 5.74) is -0.00592. The van der Waals surface area contributed by atoms with E-state index in [0.29, 0.717) is 6.54 Å².